The molecule has 0 aliphatic heterocycles. The average Bonchev–Trinajstić information content (AvgIpc) is 1.82. The zero-order valence-corrected chi connectivity index (χ0v) is 7.34. The van der Waals surface area contributed by atoms with Crippen LogP contribution in [0.15, 0.2) is 24.3 Å². The molecule has 66 valence electrons. The molecule has 0 heterocycles. The summed E-state index contributed by atoms with van der Waals surface area (Å²) in [4.78, 5) is 0. The maximum Gasteiger partial charge on any atom is 0.123 e. The minimum absolute atomic E-state index is 0.410. The van der Waals surface area contributed by atoms with Crippen molar-refractivity contribution in [2.75, 3.05) is 6.26 Å². The fourth-order valence-corrected chi connectivity index (χ4v) is 1.48. The van der Waals surface area contributed by atoms with Crippen LogP contribution >= 0.6 is 0 Å². The summed E-state index contributed by atoms with van der Waals surface area (Å²) in [6.07, 6.45) is 1.18. The second-order valence-electron chi connectivity index (χ2n) is 2.53. The van der Waals surface area contributed by atoms with Gasteiger partial charge in [-0.3, -0.25) is 0 Å². The highest BCUT2D eigenvalue weighted by Gasteiger charge is 1.94. The van der Waals surface area contributed by atoms with Crippen molar-refractivity contribution < 1.29 is 13.2 Å². The molecule has 1 atom stereocenters. The zero-order valence-electron chi connectivity index (χ0n) is 6.53. The Morgan fingerprint density at radius 2 is 2.25 bits per heavy atom. The van der Waals surface area contributed by atoms with Crippen LogP contribution in [0.2, 0.25) is 0 Å². The SMILES string of the molecule is CS(=O)(O)=Cc1cccc(F)c1. The molecule has 4 heteroatoms. The van der Waals surface area contributed by atoms with Crippen LogP contribution in [-0.2, 0) is 9.80 Å². The second-order valence-corrected chi connectivity index (χ2v) is 4.49. The molecule has 0 aliphatic carbocycles. The molecule has 0 amide bonds. The second kappa shape index (κ2) is 3.25. The lowest BCUT2D eigenvalue weighted by Crippen LogP contribution is -1.99. The molecule has 1 aromatic rings. The first-order valence-electron chi connectivity index (χ1n) is 3.29. The molecule has 2 nitrogen and oxygen atoms in total. The first-order valence-corrected chi connectivity index (χ1v) is 5.28. The minimum Gasteiger partial charge on any atom is -0.314 e. The molecule has 1 unspecified atom stereocenters. The fraction of sp³-hybridized carbons (Fsp3) is 0.125. The van der Waals surface area contributed by atoms with Crippen LogP contribution in [0.25, 0.3) is 0 Å². The van der Waals surface area contributed by atoms with Crippen molar-refractivity contribution in [3.63, 3.8) is 0 Å². The highest BCUT2D eigenvalue weighted by molar-refractivity contribution is 7.95. The summed E-state index contributed by atoms with van der Waals surface area (Å²) in [6.45, 7) is 0. The van der Waals surface area contributed by atoms with E-state index in [0.29, 0.717) is 5.56 Å². The van der Waals surface area contributed by atoms with Crippen molar-refractivity contribution in [1.82, 2.24) is 0 Å². The van der Waals surface area contributed by atoms with Gasteiger partial charge in [0.2, 0.25) is 0 Å². The third-order valence-electron chi connectivity index (χ3n) is 1.20. The summed E-state index contributed by atoms with van der Waals surface area (Å²) in [5.41, 5.74) is 0.421. The van der Waals surface area contributed by atoms with E-state index in [0.717, 1.165) is 5.37 Å². The van der Waals surface area contributed by atoms with Crippen LogP contribution in [0.3, 0.4) is 0 Å². The smallest absolute Gasteiger partial charge is 0.123 e. The van der Waals surface area contributed by atoms with Crippen molar-refractivity contribution in [3.8, 4) is 0 Å². The van der Waals surface area contributed by atoms with E-state index in [1.165, 1.54) is 24.5 Å². The molecule has 0 spiro atoms. The Balaban J connectivity index is 3.15. The lowest BCUT2D eigenvalue weighted by molar-refractivity contribution is 0.566. The van der Waals surface area contributed by atoms with E-state index >= 15 is 0 Å². The summed E-state index contributed by atoms with van der Waals surface area (Å²) in [5, 5.41) is 1.14. The van der Waals surface area contributed by atoms with Crippen LogP contribution in [0.1, 0.15) is 5.56 Å². The van der Waals surface area contributed by atoms with Gasteiger partial charge in [-0.05, 0) is 17.7 Å². The lowest BCUT2D eigenvalue weighted by atomic mass is 10.2. The topological polar surface area (TPSA) is 37.3 Å². The molecule has 0 aromatic heterocycles. The Morgan fingerprint density at radius 3 is 2.75 bits per heavy atom. The Kier molecular flexibility index (Phi) is 2.49. The number of hydrogen-bond donors (Lipinski definition) is 1. The van der Waals surface area contributed by atoms with Gasteiger partial charge in [0.05, 0.1) is 9.80 Å². The molecule has 0 saturated carbocycles. The molecule has 0 radical (unpaired) electrons. The van der Waals surface area contributed by atoms with Crippen molar-refractivity contribution >= 4 is 15.2 Å². The molecule has 1 N–H and O–H groups in total. The number of halogens is 1. The van der Waals surface area contributed by atoms with Gasteiger partial charge in [-0.2, -0.15) is 0 Å². The van der Waals surface area contributed by atoms with Gasteiger partial charge in [0.15, 0.2) is 0 Å². The predicted molar refractivity (Wildman–Crippen MR) is 48.3 cm³/mol. The van der Waals surface area contributed by atoms with Gasteiger partial charge in [-0.15, -0.1) is 0 Å². The summed E-state index contributed by atoms with van der Waals surface area (Å²) in [5.74, 6) is -0.410. The van der Waals surface area contributed by atoms with Crippen LogP contribution in [0.4, 0.5) is 4.39 Å². The van der Waals surface area contributed by atoms with Crippen molar-refractivity contribution in [1.29, 1.82) is 0 Å². The Morgan fingerprint density at radius 1 is 1.58 bits per heavy atom. The Bertz CT molecular complexity index is 384. The molecule has 1 rings (SSSR count). The number of hydrogen-bond acceptors (Lipinski definition) is 1. The van der Waals surface area contributed by atoms with Gasteiger partial charge < -0.3 is 4.55 Å². The van der Waals surface area contributed by atoms with Gasteiger partial charge in [-0.1, -0.05) is 12.1 Å². The number of rotatable bonds is 1. The number of benzene rings is 1. The molecular weight excluding hydrogens is 179 g/mol. The molecule has 0 fully saturated rings. The first-order chi connectivity index (χ1) is 5.47. The van der Waals surface area contributed by atoms with Crippen LogP contribution in [0, 0.1) is 5.82 Å². The maximum absolute atomic E-state index is 12.5. The monoisotopic (exact) mass is 188 g/mol. The van der Waals surface area contributed by atoms with Gasteiger partial charge in [0.1, 0.15) is 5.82 Å². The minimum atomic E-state index is -2.94. The van der Waals surface area contributed by atoms with Gasteiger partial charge >= 0.3 is 0 Å². The van der Waals surface area contributed by atoms with Crippen LogP contribution in [0.5, 0.6) is 0 Å². The summed E-state index contributed by atoms with van der Waals surface area (Å²) in [6, 6.07) is 5.56. The van der Waals surface area contributed by atoms with E-state index in [9.17, 15) is 8.60 Å². The summed E-state index contributed by atoms with van der Waals surface area (Å²) in [7, 11) is -2.94. The molecule has 0 bridgehead atoms. The first kappa shape index (κ1) is 9.22. The van der Waals surface area contributed by atoms with E-state index in [2.05, 4.69) is 0 Å². The largest absolute Gasteiger partial charge is 0.314 e. The quantitative estimate of drug-likeness (QED) is 0.676. The van der Waals surface area contributed by atoms with Crippen molar-refractivity contribution in [2.45, 2.75) is 0 Å². The molecule has 0 aliphatic rings. The molecule has 0 saturated heterocycles. The van der Waals surface area contributed by atoms with E-state index in [1.807, 2.05) is 0 Å². The van der Waals surface area contributed by atoms with Crippen molar-refractivity contribution in [3.05, 3.63) is 35.6 Å². The van der Waals surface area contributed by atoms with E-state index in [-0.39, 0.29) is 0 Å². The zero-order chi connectivity index (χ0) is 9.19. The molecular formula is C8H9FO2S. The lowest BCUT2D eigenvalue weighted by Gasteiger charge is -1.95. The van der Waals surface area contributed by atoms with Crippen LogP contribution in [-0.4, -0.2) is 20.4 Å². The van der Waals surface area contributed by atoms with E-state index in [1.54, 1.807) is 6.07 Å². The van der Waals surface area contributed by atoms with E-state index < -0.39 is 15.6 Å². The third-order valence-corrected chi connectivity index (χ3v) is 1.91. The average molecular weight is 188 g/mol. The van der Waals surface area contributed by atoms with E-state index in [4.69, 9.17) is 4.55 Å². The fourth-order valence-electron chi connectivity index (χ4n) is 0.832. The van der Waals surface area contributed by atoms with Crippen LogP contribution < -0.4 is 0 Å². The van der Waals surface area contributed by atoms with Gasteiger partial charge in [-0.25, -0.2) is 8.60 Å². The Labute approximate surface area is 70.9 Å². The summed E-state index contributed by atoms with van der Waals surface area (Å²) >= 11 is 0. The van der Waals surface area contributed by atoms with Gasteiger partial charge in [0.25, 0.3) is 0 Å². The van der Waals surface area contributed by atoms with Crippen molar-refractivity contribution in [2.24, 2.45) is 0 Å². The predicted octanol–water partition coefficient (Wildman–Crippen LogP) is 1.36. The normalized spacial score (nSPS) is 15.2. The highest BCUT2D eigenvalue weighted by atomic mass is 32.2. The third kappa shape index (κ3) is 3.02. The standard InChI is InChI=1S/C8H9FO2S/c1-12(10,11)6-7-3-2-4-8(9)5-7/h2-6H,1H3,(H,10,11). The Hall–Kier alpha value is -0.870. The molecule has 1 aromatic carbocycles. The maximum atomic E-state index is 12.5. The highest BCUT2D eigenvalue weighted by Crippen LogP contribution is 2.01. The summed E-state index contributed by atoms with van der Waals surface area (Å²) < 4.78 is 32.3. The van der Waals surface area contributed by atoms with Gasteiger partial charge in [0, 0.05) is 11.6 Å². The molecule has 12 heavy (non-hydrogen) atoms.